The minimum Gasteiger partial charge on any atom is -0.481 e. The van der Waals surface area contributed by atoms with Gasteiger partial charge in [-0.2, -0.15) is 4.98 Å². The average molecular weight is 618 g/mol. The quantitative estimate of drug-likeness (QED) is 0.199. The number of hydrogen-bond acceptors (Lipinski definition) is 5. The molecule has 144 valence electrons. The number of hydrogen-bond donors (Lipinski definition) is 3. The molecule has 1 aromatic heterocycles. The lowest BCUT2D eigenvalue weighted by Gasteiger charge is -2.16. The van der Waals surface area contributed by atoms with Gasteiger partial charge in [0.15, 0.2) is 5.11 Å². The molecular weight excluding hydrogens is 602 g/mol. The first-order valence-corrected chi connectivity index (χ1v) is 10.6. The maximum absolute atomic E-state index is 6.04. The van der Waals surface area contributed by atoms with E-state index in [1.54, 1.807) is 19.2 Å². The third-order valence-electron chi connectivity index (χ3n) is 3.60. The van der Waals surface area contributed by atoms with Crippen LogP contribution in [0.3, 0.4) is 0 Å². The fourth-order valence-corrected chi connectivity index (χ4v) is 3.50. The molecule has 6 nitrogen and oxygen atoms in total. The standard InChI is InChI=1S/C19H16I2N4O2S/c1-26-17-9-8-15(18(25-17)27-16-5-3-2-4-12(16)21)24-19(28)23-14-7-6-11(20)10-13(14)22/h2-10H,22H2,1H3,(H2,23,24,28). The molecule has 3 rings (SSSR count). The molecule has 28 heavy (non-hydrogen) atoms. The van der Waals surface area contributed by atoms with Gasteiger partial charge in [-0.1, -0.05) is 12.1 Å². The molecule has 0 atom stereocenters. The van der Waals surface area contributed by atoms with Crippen LogP contribution in [0.2, 0.25) is 0 Å². The van der Waals surface area contributed by atoms with Crippen LogP contribution in [-0.4, -0.2) is 17.2 Å². The molecule has 0 aliphatic rings. The number of nitrogen functional groups attached to an aromatic ring is 1. The van der Waals surface area contributed by atoms with Gasteiger partial charge in [0.05, 0.1) is 22.1 Å². The number of nitrogens with two attached hydrogens (primary N) is 1. The van der Waals surface area contributed by atoms with E-state index in [9.17, 15) is 0 Å². The number of ether oxygens (including phenoxy) is 2. The minimum atomic E-state index is 0.350. The third kappa shape index (κ3) is 5.35. The van der Waals surface area contributed by atoms with Crippen molar-refractivity contribution in [2.75, 3.05) is 23.5 Å². The van der Waals surface area contributed by atoms with Gasteiger partial charge in [-0.3, -0.25) is 0 Å². The molecule has 0 unspecified atom stereocenters. The summed E-state index contributed by atoms with van der Waals surface area (Å²) < 4.78 is 13.2. The van der Waals surface area contributed by atoms with Crippen LogP contribution in [0.15, 0.2) is 54.6 Å². The van der Waals surface area contributed by atoms with E-state index in [2.05, 4.69) is 60.8 Å². The van der Waals surface area contributed by atoms with Gasteiger partial charge >= 0.3 is 0 Å². The highest BCUT2D eigenvalue weighted by Gasteiger charge is 2.13. The number of methoxy groups -OCH3 is 1. The zero-order valence-corrected chi connectivity index (χ0v) is 19.8. The van der Waals surface area contributed by atoms with Crippen LogP contribution in [0.4, 0.5) is 17.1 Å². The molecule has 0 aliphatic carbocycles. The second-order valence-corrected chi connectivity index (χ2v) is 8.37. The lowest BCUT2D eigenvalue weighted by atomic mass is 10.3. The van der Waals surface area contributed by atoms with Crippen LogP contribution in [0.1, 0.15) is 0 Å². The molecule has 9 heteroatoms. The molecule has 0 saturated carbocycles. The van der Waals surface area contributed by atoms with Crippen LogP contribution < -0.4 is 25.8 Å². The van der Waals surface area contributed by atoms with E-state index in [-0.39, 0.29) is 0 Å². The number of nitrogens with one attached hydrogen (secondary N) is 2. The van der Waals surface area contributed by atoms with Crippen molar-refractivity contribution in [3.8, 4) is 17.5 Å². The van der Waals surface area contributed by atoms with E-state index in [1.165, 1.54) is 0 Å². The lowest BCUT2D eigenvalue weighted by Crippen LogP contribution is -2.20. The van der Waals surface area contributed by atoms with E-state index in [4.69, 9.17) is 27.4 Å². The molecule has 0 spiro atoms. The molecule has 3 aromatic rings. The number of para-hydroxylation sites is 1. The summed E-state index contributed by atoms with van der Waals surface area (Å²) in [6, 6.07) is 16.9. The summed E-state index contributed by atoms with van der Waals surface area (Å²) in [7, 11) is 1.55. The molecule has 0 radical (unpaired) electrons. The predicted octanol–water partition coefficient (Wildman–Crippen LogP) is 5.48. The predicted molar refractivity (Wildman–Crippen MR) is 133 cm³/mol. The van der Waals surface area contributed by atoms with Crippen molar-refractivity contribution in [3.63, 3.8) is 0 Å². The van der Waals surface area contributed by atoms with Crippen LogP contribution in [0, 0.1) is 7.14 Å². The fraction of sp³-hybridized carbons (Fsp3) is 0.0526. The molecule has 4 N–H and O–H groups in total. The first kappa shape index (κ1) is 20.9. The zero-order valence-electron chi connectivity index (χ0n) is 14.7. The second-order valence-electron chi connectivity index (χ2n) is 5.55. The Balaban J connectivity index is 1.82. The number of thiocarbonyl (C=S) groups is 1. The SMILES string of the molecule is COc1ccc(NC(=S)Nc2ccc(I)cc2N)c(Oc2ccccc2I)n1. The van der Waals surface area contributed by atoms with E-state index >= 15 is 0 Å². The van der Waals surface area contributed by atoms with Crippen LogP contribution >= 0.6 is 57.4 Å². The maximum atomic E-state index is 6.04. The van der Waals surface area contributed by atoms with Gasteiger partial charge in [-0.15, -0.1) is 0 Å². The Morgan fingerprint density at radius 3 is 2.46 bits per heavy atom. The Hall–Kier alpha value is -1.86. The Morgan fingerprint density at radius 2 is 1.75 bits per heavy atom. The number of pyridine rings is 1. The fourth-order valence-electron chi connectivity index (χ4n) is 2.27. The summed E-state index contributed by atoms with van der Waals surface area (Å²) in [5.41, 5.74) is 7.97. The molecule has 0 bridgehead atoms. The summed E-state index contributed by atoms with van der Waals surface area (Å²) in [6.45, 7) is 0. The number of nitrogens with zero attached hydrogens (tertiary/aromatic N) is 1. The van der Waals surface area contributed by atoms with Gasteiger partial charge in [0.1, 0.15) is 11.4 Å². The number of aromatic nitrogens is 1. The highest BCUT2D eigenvalue weighted by Crippen LogP contribution is 2.32. The molecule has 0 fully saturated rings. The van der Waals surface area contributed by atoms with Crippen molar-refractivity contribution in [1.82, 2.24) is 4.98 Å². The topological polar surface area (TPSA) is 81.4 Å². The number of rotatable bonds is 5. The van der Waals surface area contributed by atoms with Crippen molar-refractivity contribution in [3.05, 3.63) is 61.7 Å². The number of anilines is 3. The normalized spacial score (nSPS) is 10.2. The van der Waals surface area contributed by atoms with Crippen molar-refractivity contribution in [1.29, 1.82) is 0 Å². The molecule has 0 saturated heterocycles. The number of benzene rings is 2. The molecular formula is C19H16I2N4O2S. The highest BCUT2D eigenvalue weighted by atomic mass is 127. The van der Waals surface area contributed by atoms with Crippen LogP contribution in [-0.2, 0) is 0 Å². The van der Waals surface area contributed by atoms with Crippen LogP contribution in [0.25, 0.3) is 0 Å². The summed E-state index contributed by atoms with van der Waals surface area (Å²) >= 11 is 9.84. The van der Waals surface area contributed by atoms with Crippen LogP contribution in [0.5, 0.6) is 17.5 Å². The lowest BCUT2D eigenvalue weighted by molar-refractivity contribution is 0.383. The Bertz CT molecular complexity index is 1020. The smallest absolute Gasteiger partial charge is 0.246 e. The third-order valence-corrected chi connectivity index (χ3v) is 5.36. The average Bonchev–Trinajstić information content (AvgIpc) is 2.67. The Morgan fingerprint density at radius 1 is 1.04 bits per heavy atom. The second kappa shape index (κ2) is 9.56. The van der Waals surface area contributed by atoms with Gasteiger partial charge < -0.3 is 25.8 Å². The van der Waals surface area contributed by atoms with Gasteiger partial charge in [-0.25, -0.2) is 0 Å². The van der Waals surface area contributed by atoms with Crippen molar-refractivity contribution in [2.45, 2.75) is 0 Å². The monoisotopic (exact) mass is 618 g/mol. The van der Waals surface area contributed by atoms with E-state index < -0.39 is 0 Å². The van der Waals surface area contributed by atoms with E-state index in [0.29, 0.717) is 34.0 Å². The Labute approximate surface area is 195 Å². The van der Waals surface area contributed by atoms with E-state index in [1.807, 2.05) is 42.5 Å². The summed E-state index contributed by atoms with van der Waals surface area (Å²) in [5, 5.41) is 6.57. The first-order valence-electron chi connectivity index (χ1n) is 8.06. The highest BCUT2D eigenvalue weighted by molar-refractivity contribution is 14.1. The van der Waals surface area contributed by atoms with E-state index in [0.717, 1.165) is 12.8 Å². The van der Waals surface area contributed by atoms with Gasteiger partial charge in [0.2, 0.25) is 11.8 Å². The number of halogens is 2. The zero-order chi connectivity index (χ0) is 20.1. The Kier molecular flexibility index (Phi) is 7.13. The van der Waals surface area contributed by atoms with Crippen molar-refractivity contribution in [2.24, 2.45) is 0 Å². The van der Waals surface area contributed by atoms with Crippen molar-refractivity contribution < 1.29 is 9.47 Å². The summed E-state index contributed by atoms with van der Waals surface area (Å²) in [6.07, 6.45) is 0. The largest absolute Gasteiger partial charge is 0.481 e. The minimum absolute atomic E-state index is 0.350. The van der Waals surface area contributed by atoms with Gasteiger partial charge in [0.25, 0.3) is 0 Å². The molecule has 2 aromatic carbocycles. The van der Waals surface area contributed by atoms with Gasteiger partial charge in [0, 0.05) is 9.64 Å². The molecule has 1 heterocycles. The van der Waals surface area contributed by atoms with Gasteiger partial charge in [-0.05, 0) is 93.8 Å². The molecule has 0 aliphatic heterocycles. The molecule has 0 amide bonds. The first-order chi connectivity index (χ1) is 13.5. The van der Waals surface area contributed by atoms with Crippen molar-refractivity contribution >= 4 is 79.6 Å². The summed E-state index contributed by atoms with van der Waals surface area (Å²) in [4.78, 5) is 4.39. The summed E-state index contributed by atoms with van der Waals surface area (Å²) in [5.74, 6) is 1.48. The maximum Gasteiger partial charge on any atom is 0.246 e.